The highest BCUT2D eigenvalue weighted by Crippen LogP contribution is 2.13. The molecule has 0 spiro atoms. The molecule has 1 heterocycles. The van der Waals surface area contributed by atoms with Crippen LogP contribution in [0.1, 0.15) is 40.0 Å². The van der Waals surface area contributed by atoms with Crippen LogP contribution >= 0.6 is 0 Å². The predicted molar refractivity (Wildman–Crippen MR) is 82.1 cm³/mol. The van der Waals surface area contributed by atoms with Crippen LogP contribution < -0.4 is 5.32 Å². The highest BCUT2D eigenvalue weighted by molar-refractivity contribution is 5.78. The number of hydrogen-bond acceptors (Lipinski definition) is 4. The van der Waals surface area contributed by atoms with E-state index in [0.29, 0.717) is 6.42 Å². The molecule has 1 rings (SSSR count). The molecule has 0 radical (unpaired) electrons. The second kappa shape index (κ2) is 8.60. The zero-order valence-corrected chi connectivity index (χ0v) is 13.3. The van der Waals surface area contributed by atoms with E-state index < -0.39 is 11.5 Å². The van der Waals surface area contributed by atoms with Gasteiger partial charge in [-0.2, -0.15) is 0 Å². The third-order valence-electron chi connectivity index (χ3n) is 4.17. The summed E-state index contributed by atoms with van der Waals surface area (Å²) in [7, 11) is 0. The molecule has 118 valence electrons. The molecule has 1 aliphatic rings. The maximum Gasteiger partial charge on any atom is 0.323 e. The van der Waals surface area contributed by atoms with Crippen molar-refractivity contribution in [2.75, 3.05) is 45.8 Å². The van der Waals surface area contributed by atoms with E-state index in [9.17, 15) is 9.90 Å². The van der Waals surface area contributed by atoms with Crippen LogP contribution in [-0.4, -0.2) is 72.2 Å². The van der Waals surface area contributed by atoms with Crippen molar-refractivity contribution in [1.29, 1.82) is 0 Å². The van der Waals surface area contributed by atoms with Crippen molar-refractivity contribution in [3.05, 3.63) is 0 Å². The molecule has 5 heteroatoms. The summed E-state index contributed by atoms with van der Waals surface area (Å²) in [5.41, 5.74) is -0.795. The number of aliphatic carboxylic acids is 1. The maximum absolute atomic E-state index is 11.4. The Labute approximate surface area is 123 Å². The van der Waals surface area contributed by atoms with Crippen LogP contribution in [0.25, 0.3) is 0 Å². The minimum absolute atomic E-state index is 0.663. The summed E-state index contributed by atoms with van der Waals surface area (Å²) >= 11 is 0. The summed E-state index contributed by atoms with van der Waals surface area (Å²) in [5, 5.41) is 12.6. The Hall–Kier alpha value is -0.650. The minimum Gasteiger partial charge on any atom is -0.480 e. The Kier molecular flexibility index (Phi) is 7.48. The summed E-state index contributed by atoms with van der Waals surface area (Å²) in [6, 6.07) is 0. The average Bonchev–Trinajstić information content (AvgIpc) is 2.44. The Balaban J connectivity index is 2.35. The third-order valence-corrected chi connectivity index (χ3v) is 4.17. The van der Waals surface area contributed by atoms with Crippen LogP contribution in [0.4, 0.5) is 0 Å². The van der Waals surface area contributed by atoms with Gasteiger partial charge in [0.05, 0.1) is 0 Å². The zero-order chi connectivity index (χ0) is 15.0. The molecule has 5 nitrogen and oxygen atoms in total. The van der Waals surface area contributed by atoms with Gasteiger partial charge in [-0.1, -0.05) is 13.8 Å². The number of carbonyl (C=O) groups is 1. The maximum atomic E-state index is 11.4. The second-order valence-electron chi connectivity index (χ2n) is 6.00. The quantitative estimate of drug-likeness (QED) is 0.668. The van der Waals surface area contributed by atoms with E-state index >= 15 is 0 Å². The lowest BCUT2D eigenvalue weighted by Gasteiger charge is -2.36. The van der Waals surface area contributed by atoms with Gasteiger partial charge in [-0.25, -0.2) is 0 Å². The van der Waals surface area contributed by atoms with E-state index in [-0.39, 0.29) is 0 Å². The van der Waals surface area contributed by atoms with Crippen molar-refractivity contribution in [3.8, 4) is 0 Å². The molecule has 1 aliphatic heterocycles. The molecule has 0 amide bonds. The van der Waals surface area contributed by atoms with Gasteiger partial charge in [-0.05, 0) is 39.3 Å². The summed E-state index contributed by atoms with van der Waals surface area (Å²) in [6.45, 7) is 13.2. The van der Waals surface area contributed by atoms with Crippen LogP contribution in [0.2, 0.25) is 0 Å². The molecule has 0 aromatic heterocycles. The molecule has 1 atom stereocenters. The highest BCUT2D eigenvalue weighted by Gasteiger charge is 2.32. The Bertz CT molecular complexity index is 291. The Morgan fingerprint density at radius 2 is 1.65 bits per heavy atom. The van der Waals surface area contributed by atoms with E-state index in [1.807, 2.05) is 0 Å². The van der Waals surface area contributed by atoms with E-state index in [1.165, 1.54) is 13.0 Å². The molecule has 1 unspecified atom stereocenters. The van der Waals surface area contributed by atoms with Gasteiger partial charge in [0.1, 0.15) is 5.54 Å². The van der Waals surface area contributed by atoms with E-state index in [1.54, 1.807) is 6.92 Å². The normalized spacial score (nSPS) is 20.8. The number of carboxylic acid groups (broad SMARTS) is 1. The Morgan fingerprint density at radius 1 is 1.10 bits per heavy atom. The van der Waals surface area contributed by atoms with Crippen LogP contribution in [-0.2, 0) is 4.79 Å². The van der Waals surface area contributed by atoms with Gasteiger partial charge in [0, 0.05) is 32.7 Å². The molecule has 0 bridgehead atoms. The average molecular weight is 285 g/mol. The van der Waals surface area contributed by atoms with Gasteiger partial charge in [-0.15, -0.1) is 0 Å². The number of nitrogens with one attached hydrogen (secondary N) is 1. The first-order valence-corrected chi connectivity index (χ1v) is 7.95. The van der Waals surface area contributed by atoms with Crippen LogP contribution in [0.5, 0.6) is 0 Å². The van der Waals surface area contributed by atoms with E-state index in [4.69, 9.17) is 0 Å². The SMILES string of the molecule is CCCNC(C)(CCN1CCN(CCC)CC1)C(=O)O. The predicted octanol–water partition coefficient (Wildman–Crippen LogP) is 1.25. The minimum atomic E-state index is -0.795. The molecule has 0 aromatic carbocycles. The fraction of sp³-hybridized carbons (Fsp3) is 0.933. The van der Waals surface area contributed by atoms with E-state index in [2.05, 4.69) is 29.0 Å². The molecule has 1 fully saturated rings. The van der Waals surface area contributed by atoms with Gasteiger partial charge >= 0.3 is 5.97 Å². The van der Waals surface area contributed by atoms with Crippen molar-refractivity contribution in [2.45, 2.75) is 45.6 Å². The molecule has 0 aliphatic carbocycles. The number of nitrogens with zero attached hydrogens (tertiary/aromatic N) is 2. The number of hydrogen-bond donors (Lipinski definition) is 2. The molecule has 1 saturated heterocycles. The van der Waals surface area contributed by atoms with Crippen molar-refractivity contribution in [3.63, 3.8) is 0 Å². The molecular formula is C15H31N3O2. The van der Waals surface area contributed by atoms with Crippen molar-refractivity contribution >= 4 is 5.97 Å². The summed E-state index contributed by atoms with van der Waals surface area (Å²) in [6.07, 6.45) is 2.83. The van der Waals surface area contributed by atoms with Gasteiger partial charge in [0.15, 0.2) is 0 Å². The van der Waals surface area contributed by atoms with E-state index in [0.717, 1.165) is 45.7 Å². The smallest absolute Gasteiger partial charge is 0.323 e. The van der Waals surface area contributed by atoms with Crippen LogP contribution in [0, 0.1) is 0 Å². The van der Waals surface area contributed by atoms with Gasteiger partial charge in [-0.3, -0.25) is 4.79 Å². The third kappa shape index (κ3) is 5.38. The lowest BCUT2D eigenvalue weighted by Crippen LogP contribution is -2.53. The van der Waals surface area contributed by atoms with Gasteiger partial charge in [0.25, 0.3) is 0 Å². The largest absolute Gasteiger partial charge is 0.480 e. The molecule has 0 aromatic rings. The highest BCUT2D eigenvalue weighted by atomic mass is 16.4. The molecule has 0 saturated carbocycles. The fourth-order valence-electron chi connectivity index (χ4n) is 2.61. The van der Waals surface area contributed by atoms with Crippen molar-refractivity contribution < 1.29 is 9.90 Å². The molecule has 20 heavy (non-hydrogen) atoms. The first kappa shape index (κ1) is 17.4. The summed E-state index contributed by atoms with van der Waals surface area (Å²) in [5.74, 6) is -0.740. The van der Waals surface area contributed by atoms with Crippen LogP contribution in [0.15, 0.2) is 0 Å². The first-order valence-electron chi connectivity index (χ1n) is 7.95. The topological polar surface area (TPSA) is 55.8 Å². The van der Waals surface area contributed by atoms with Gasteiger partial charge in [0.2, 0.25) is 0 Å². The number of piperazine rings is 1. The van der Waals surface area contributed by atoms with Gasteiger partial charge < -0.3 is 20.2 Å². The zero-order valence-electron chi connectivity index (χ0n) is 13.3. The van der Waals surface area contributed by atoms with Crippen molar-refractivity contribution in [1.82, 2.24) is 15.1 Å². The van der Waals surface area contributed by atoms with Crippen molar-refractivity contribution in [2.24, 2.45) is 0 Å². The Morgan fingerprint density at radius 3 is 2.10 bits per heavy atom. The fourth-order valence-corrected chi connectivity index (χ4v) is 2.61. The lowest BCUT2D eigenvalue weighted by atomic mass is 9.97. The standard InChI is InChI=1S/C15H31N3O2/c1-4-7-16-15(3,14(19)20)6-9-18-12-10-17(8-5-2)11-13-18/h16H,4-13H2,1-3H3,(H,19,20). The first-order chi connectivity index (χ1) is 9.51. The number of carboxylic acids is 1. The monoisotopic (exact) mass is 285 g/mol. The molecular weight excluding hydrogens is 254 g/mol. The number of rotatable bonds is 9. The molecule has 2 N–H and O–H groups in total. The summed E-state index contributed by atoms with van der Waals surface area (Å²) < 4.78 is 0. The summed E-state index contributed by atoms with van der Waals surface area (Å²) in [4.78, 5) is 16.3. The second-order valence-corrected chi connectivity index (χ2v) is 6.00. The lowest BCUT2D eigenvalue weighted by molar-refractivity contribution is -0.144. The van der Waals surface area contributed by atoms with Crippen LogP contribution in [0.3, 0.4) is 0 Å².